The molecule has 1 aliphatic heterocycles. The first-order valence-electron chi connectivity index (χ1n) is 11.2. The van der Waals surface area contributed by atoms with E-state index in [2.05, 4.69) is 22.8 Å². The molecule has 1 heterocycles. The summed E-state index contributed by atoms with van der Waals surface area (Å²) in [6, 6.07) is 29.6. The van der Waals surface area contributed by atoms with E-state index >= 15 is 0 Å². The van der Waals surface area contributed by atoms with Crippen LogP contribution in [0.5, 0.6) is 0 Å². The van der Waals surface area contributed by atoms with Crippen LogP contribution in [0.15, 0.2) is 91.0 Å². The van der Waals surface area contributed by atoms with Gasteiger partial charge in [-0.15, -0.1) is 0 Å². The van der Waals surface area contributed by atoms with E-state index < -0.39 is 0 Å². The van der Waals surface area contributed by atoms with Gasteiger partial charge in [-0.25, -0.2) is 4.79 Å². The third-order valence-electron chi connectivity index (χ3n) is 5.99. The third-order valence-corrected chi connectivity index (χ3v) is 5.99. The number of benzene rings is 3. The lowest BCUT2D eigenvalue weighted by Gasteiger charge is -2.39. The molecule has 3 aromatic rings. The number of urea groups is 1. The number of hydrogen-bond acceptors (Lipinski definition) is 2. The maximum absolute atomic E-state index is 13.2. The van der Waals surface area contributed by atoms with Gasteiger partial charge in [-0.05, 0) is 29.5 Å². The fourth-order valence-corrected chi connectivity index (χ4v) is 4.24. The average molecular weight is 428 g/mol. The Kier molecular flexibility index (Phi) is 7.18. The summed E-state index contributed by atoms with van der Waals surface area (Å²) < 4.78 is 0. The molecule has 5 nitrogen and oxygen atoms in total. The van der Waals surface area contributed by atoms with E-state index in [4.69, 9.17) is 0 Å². The van der Waals surface area contributed by atoms with Crippen molar-refractivity contribution in [3.63, 3.8) is 0 Å². The van der Waals surface area contributed by atoms with Crippen LogP contribution >= 0.6 is 0 Å². The Morgan fingerprint density at radius 1 is 0.719 bits per heavy atom. The second kappa shape index (κ2) is 10.6. The Balaban J connectivity index is 1.43. The van der Waals surface area contributed by atoms with Crippen LogP contribution in [0, 0.1) is 5.92 Å². The van der Waals surface area contributed by atoms with Gasteiger partial charge in [0.25, 0.3) is 0 Å². The summed E-state index contributed by atoms with van der Waals surface area (Å²) in [6.07, 6.45) is 1.51. The zero-order valence-corrected chi connectivity index (χ0v) is 18.1. The first kappa shape index (κ1) is 21.6. The number of nitrogens with zero attached hydrogens (tertiary/aromatic N) is 1. The van der Waals surface area contributed by atoms with Gasteiger partial charge in [0.1, 0.15) is 0 Å². The van der Waals surface area contributed by atoms with E-state index in [-0.39, 0.29) is 23.9 Å². The molecule has 32 heavy (non-hydrogen) atoms. The van der Waals surface area contributed by atoms with Crippen LogP contribution in [-0.4, -0.2) is 23.4 Å². The van der Waals surface area contributed by atoms with Crippen LogP contribution in [0.1, 0.15) is 35.6 Å². The molecular formula is C27H29N3O2. The van der Waals surface area contributed by atoms with Gasteiger partial charge in [-0.3, -0.25) is 4.79 Å². The third kappa shape index (κ3) is 5.55. The minimum absolute atomic E-state index is 0.00113. The standard InChI is InChI=1S/C27H29N3O2/c31-26(28-18-21-10-4-1-5-11-21)24-16-17-25(23-14-8-3-9-15-23)30(20-24)27(32)29-19-22-12-6-2-7-13-22/h1-15,24-25H,16-20H2,(H,28,31)(H,29,32)/t24-,25+/m1/s1. The average Bonchev–Trinajstić information content (AvgIpc) is 2.87. The highest BCUT2D eigenvalue weighted by Crippen LogP contribution is 2.33. The van der Waals surface area contributed by atoms with E-state index in [1.54, 1.807) is 0 Å². The quantitative estimate of drug-likeness (QED) is 0.601. The molecule has 5 heteroatoms. The molecule has 1 fully saturated rings. The van der Waals surface area contributed by atoms with E-state index in [1.807, 2.05) is 83.8 Å². The fourth-order valence-electron chi connectivity index (χ4n) is 4.24. The summed E-state index contributed by atoms with van der Waals surface area (Å²) in [5.41, 5.74) is 3.22. The Bertz CT molecular complexity index is 1010. The summed E-state index contributed by atoms with van der Waals surface area (Å²) in [7, 11) is 0. The lowest BCUT2D eigenvalue weighted by molar-refractivity contribution is -0.126. The van der Waals surface area contributed by atoms with Crippen molar-refractivity contribution < 1.29 is 9.59 Å². The maximum atomic E-state index is 13.2. The van der Waals surface area contributed by atoms with Gasteiger partial charge in [-0.2, -0.15) is 0 Å². The molecule has 4 rings (SSSR count). The number of rotatable bonds is 6. The second-order valence-electron chi connectivity index (χ2n) is 8.20. The zero-order chi connectivity index (χ0) is 22.2. The van der Waals surface area contributed by atoms with Crippen molar-refractivity contribution in [2.24, 2.45) is 5.92 Å². The first-order valence-corrected chi connectivity index (χ1v) is 11.2. The number of hydrogen-bond donors (Lipinski definition) is 2. The van der Waals surface area contributed by atoms with Crippen LogP contribution in [0.4, 0.5) is 4.79 Å². The predicted octanol–water partition coefficient (Wildman–Crippen LogP) is 4.67. The molecule has 1 aliphatic rings. The molecule has 2 atom stereocenters. The lowest BCUT2D eigenvalue weighted by atomic mass is 9.88. The maximum Gasteiger partial charge on any atom is 0.318 e. The molecule has 1 saturated heterocycles. The topological polar surface area (TPSA) is 61.4 Å². The monoisotopic (exact) mass is 427 g/mol. The SMILES string of the molecule is O=C(NCc1ccccc1)[C@@H]1CC[C@@H](c2ccccc2)N(C(=O)NCc2ccccc2)C1. The normalized spacial score (nSPS) is 18.1. The summed E-state index contributed by atoms with van der Waals surface area (Å²) in [5.74, 6) is -0.220. The number of carbonyl (C=O) groups is 2. The summed E-state index contributed by atoms with van der Waals surface area (Å²) in [4.78, 5) is 27.9. The molecule has 164 valence electrons. The van der Waals surface area contributed by atoms with Gasteiger partial charge in [0.15, 0.2) is 0 Å². The smallest absolute Gasteiger partial charge is 0.318 e. The molecule has 0 saturated carbocycles. The first-order chi connectivity index (χ1) is 15.7. The fraction of sp³-hybridized carbons (Fsp3) is 0.259. The van der Waals surface area contributed by atoms with Crippen molar-refractivity contribution in [1.82, 2.24) is 15.5 Å². The molecule has 0 bridgehead atoms. The van der Waals surface area contributed by atoms with Crippen LogP contribution < -0.4 is 10.6 Å². The molecular weight excluding hydrogens is 398 g/mol. The molecule has 2 N–H and O–H groups in total. The van der Waals surface area contributed by atoms with E-state index in [9.17, 15) is 9.59 Å². The summed E-state index contributed by atoms with van der Waals surface area (Å²) in [6.45, 7) is 1.36. The summed E-state index contributed by atoms with van der Waals surface area (Å²) >= 11 is 0. The van der Waals surface area contributed by atoms with E-state index in [0.29, 0.717) is 19.6 Å². The van der Waals surface area contributed by atoms with Gasteiger partial charge in [-0.1, -0.05) is 91.0 Å². The van der Waals surface area contributed by atoms with Crippen molar-refractivity contribution in [3.05, 3.63) is 108 Å². The predicted molar refractivity (Wildman–Crippen MR) is 126 cm³/mol. The Hall–Kier alpha value is -3.60. The van der Waals surface area contributed by atoms with Gasteiger partial charge < -0.3 is 15.5 Å². The highest BCUT2D eigenvalue weighted by atomic mass is 16.2. The minimum atomic E-state index is -0.221. The highest BCUT2D eigenvalue weighted by molar-refractivity contribution is 5.81. The molecule has 0 aliphatic carbocycles. The Morgan fingerprint density at radius 3 is 1.84 bits per heavy atom. The highest BCUT2D eigenvalue weighted by Gasteiger charge is 2.35. The van der Waals surface area contributed by atoms with Crippen LogP contribution in [0.3, 0.4) is 0 Å². The zero-order valence-electron chi connectivity index (χ0n) is 18.1. The number of likely N-dealkylation sites (tertiary alicyclic amines) is 1. The number of carbonyl (C=O) groups excluding carboxylic acids is 2. The van der Waals surface area contributed by atoms with Gasteiger partial charge in [0.2, 0.25) is 5.91 Å². The molecule has 0 unspecified atom stereocenters. The number of amides is 3. The van der Waals surface area contributed by atoms with Crippen molar-refractivity contribution in [2.75, 3.05) is 6.54 Å². The number of nitrogens with one attached hydrogen (secondary N) is 2. The summed E-state index contributed by atoms with van der Waals surface area (Å²) in [5, 5.41) is 6.08. The Labute approximate surface area is 189 Å². The van der Waals surface area contributed by atoms with Crippen LogP contribution in [-0.2, 0) is 17.9 Å². The molecule has 3 amide bonds. The lowest BCUT2D eigenvalue weighted by Crippen LogP contribution is -2.50. The van der Waals surface area contributed by atoms with Crippen molar-refractivity contribution in [2.45, 2.75) is 32.0 Å². The van der Waals surface area contributed by atoms with Crippen LogP contribution in [0.2, 0.25) is 0 Å². The largest absolute Gasteiger partial charge is 0.352 e. The van der Waals surface area contributed by atoms with Crippen molar-refractivity contribution >= 4 is 11.9 Å². The van der Waals surface area contributed by atoms with Crippen molar-refractivity contribution in [3.8, 4) is 0 Å². The van der Waals surface area contributed by atoms with E-state index in [1.165, 1.54) is 0 Å². The van der Waals surface area contributed by atoms with Gasteiger partial charge in [0, 0.05) is 19.6 Å². The van der Waals surface area contributed by atoms with Crippen LogP contribution in [0.25, 0.3) is 0 Å². The molecule has 0 aromatic heterocycles. The second-order valence-corrected chi connectivity index (χ2v) is 8.20. The minimum Gasteiger partial charge on any atom is -0.352 e. The van der Waals surface area contributed by atoms with Crippen molar-refractivity contribution in [1.29, 1.82) is 0 Å². The molecule has 0 spiro atoms. The Morgan fingerprint density at radius 2 is 1.25 bits per heavy atom. The van der Waals surface area contributed by atoms with Gasteiger partial charge in [0.05, 0.1) is 12.0 Å². The number of piperidine rings is 1. The van der Waals surface area contributed by atoms with E-state index in [0.717, 1.165) is 29.5 Å². The van der Waals surface area contributed by atoms with Gasteiger partial charge >= 0.3 is 6.03 Å². The molecule has 3 aromatic carbocycles. The molecule has 0 radical (unpaired) electrons.